The molecule has 1 aromatic heterocycles. The van der Waals surface area contributed by atoms with Gasteiger partial charge in [0.1, 0.15) is 5.82 Å². The van der Waals surface area contributed by atoms with Crippen molar-refractivity contribution in [3.05, 3.63) is 47.0 Å². The van der Waals surface area contributed by atoms with E-state index in [1.807, 2.05) is 19.9 Å². The first-order valence-electron chi connectivity index (χ1n) is 6.25. The van der Waals surface area contributed by atoms with Gasteiger partial charge in [-0.3, -0.25) is 4.68 Å². The summed E-state index contributed by atoms with van der Waals surface area (Å²) in [6.45, 7) is 5.06. The average Bonchev–Trinajstić information content (AvgIpc) is 2.63. The summed E-state index contributed by atoms with van der Waals surface area (Å²) in [6, 6.07) is 6.38. The topological polar surface area (TPSA) is 50.1 Å². The predicted octanol–water partition coefficient (Wildman–Crippen LogP) is 2.24. The molecule has 0 saturated heterocycles. The molecule has 0 fully saturated rings. The lowest BCUT2D eigenvalue weighted by Gasteiger charge is -2.07. The Morgan fingerprint density at radius 1 is 1.37 bits per heavy atom. The third kappa shape index (κ3) is 3.12. The fourth-order valence-electron chi connectivity index (χ4n) is 2.09. The molecule has 0 aliphatic rings. The third-order valence-corrected chi connectivity index (χ3v) is 3.14. The van der Waals surface area contributed by atoms with Gasteiger partial charge in [-0.05, 0) is 32.0 Å². The largest absolute Gasteiger partial charge is 0.394 e. The number of aryl methyl sites for hydroxylation is 1. The molecule has 0 aliphatic carbocycles. The van der Waals surface area contributed by atoms with E-state index in [4.69, 9.17) is 5.11 Å². The molecule has 1 aromatic carbocycles. The molecule has 0 spiro atoms. The summed E-state index contributed by atoms with van der Waals surface area (Å²) < 4.78 is 14.9. The number of aliphatic hydroxyl groups excluding tert-OH is 1. The third-order valence-electron chi connectivity index (χ3n) is 3.14. The highest BCUT2D eigenvalue weighted by atomic mass is 19.1. The maximum absolute atomic E-state index is 13.1. The second-order valence-corrected chi connectivity index (χ2v) is 4.46. The van der Waals surface area contributed by atoms with E-state index in [1.54, 1.807) is 10.7 Å². The first kappa shape index (κ1) is 13.5. The van der Waals surface area contributed by atoms with Gasteiger partial charge in [0, 0.05) is 23.5 Å². The number of rotatable bonds is 5. The van der Waals surface area contributed by atoms with Crippen molar-refractivity contribution in [2.45, 2.75) is 26.9 Å². The molecule has 0 saturated carbocycles. The Hall–Kier alpha value is -1.88. The molecular formula is C14H18FN3O. The van der Waals surface area contributed by atoms with Gasteiger partial charge in [-0.2, -0.15) is 5.10 Å². The normalized spacial score (nSPS) is 10.7. The van der Waals surface area contributed by atoms with Gasteiger partial charge in [-0.25, -0.2) is 4.39 Å². The molecule has 0 bridgehead atoms. The minimum Gasteiger partial charge on any atom is -0.394 e. The monoisotopic (exact) mass is 263 g/mol. The van der Waals surface area contributed by atoms with Crippen LogP contribution in [0.1, 0.15) is 17.0 Å². The second-order valence-electron chi connectivity index (χ2n) is 4.46. The Balaban J connectivity index is 2.11. The zero-order valence-electron chi connectivity index (χ0n) is 11.2. The molecule has 2 rings (SSSR count). The molecule has 19 heavy (non-hydrogen) atoms. The first-order chi connectivity index (χ1) is 9.11. The van der Waals surface area contributed by atoms with Crippen molar-refractivity contribution in [3.8, 4) is 0 Å². The quantitative estimate of drug-likeness (QED) is 0.870. The van der Waals surface area contributed by atoms with E-state index in [0.717, 1.165) is 22.6 Å². The molecule has 0 aliphatic heterocycles. The number of benzene rings is 1. The van der Waals surface area contributed by atoms with Crippen LogP contribution in [0.15, 0.2) is 24.3 Å². The van der Waals surface area contributed by atoms with Gasteiger partial charge in [0.25, 0.3) is 0 Å². The van der Waals surface area contributed by atoms with E-state index in [2.05, 4.69) is 10.4 Å². The second kappa shape index (κ2) is 5.84. The summed E-state index contributed by atoms with van der Waals surface area (Å²) in [4.78, 5) is 0. The zero-order valence-corrected chi connectivity index (χ0v) is 11.2. The Kier molecular flexibility index (Phi) is 4.16. The summed E-state index contributed by atoms with van der Waals surface area (Å²) in [7, 11) is 0. The van der Waals surface area contributed by atoms with Crippen molar-refractivity contribution in [1.29, 1.82) is 0 Å². The van der Waals surface area contributed by atoms with Gasteiger partial charge < -0.3 is 10.4 Å². The number of nitrogens with one attached hydrogen (secondary N) is 1. The van der Waals surface area contributed by atoms with Crippen LogP contribution < -0.4 is 5.32 Å². The molecule has 5 heteroatoms. The van der Waals surface area contributed by atoms with Crippen molar-refractivity contribution in [3.63, 3.8) is 0 Å². The van der Waals surface area contributed by atoms with Crippen LogP contribution in [0.3, 0.4) is 0 Å². The van der Waals surface area contributed by atoms with Crippen LogP contribution in [-0.4, -0.2) is 21.5 Å². The molecule has 102 valence electrons. The van der Waals surface area contributed by atoms with Gasteiger partial charge in [0.2, 0.25) is 0 Å². The number of halogens is 1. The van der Waals surface area contributed by atoms with Crippen molar-refractivity contribution in [2.75, 3.05) is 11.9 Å². The fourth-order valence-corrected chi connectivity index (χ4v) is 2.09. The molecule has 4 nitrogen and oxygen atoms in total. The molecule has 1 heterocycles. The van der Waals surface area contributed by atoms with E-state index in [0.29, 0.717) is 13.1 Å². The summed E-state index contributed by atoms with van der Waals surface area (Å²) in [5.74, 6) is -0.255. The maximum Gasteiger partial charge on any atom is 0.125 e. The Labute approximate surface area is 111 Å². The van der Waals surface area contributed by atoms with Crippen LogP contribution >= 0.6 is 0 Å². The number of hydrogen-bond acceptors (Lipinski definition) is 3. The lowest BCUT2D eigenvalue weighted by molar-refractivity contribution is 0.268. The van der Waals surface area contributed by atoms with E-state index in [-0.39, 0.29) is 12.4 Å². The Bertz CT molecular complexity index is 566. The van der Waals surface area contributed by atoms with Crippen molar-refractivity contribution >= 4 is 5.69 Å². The highest BCUT2D eigenvalue weighted by Crippen LogP contribution is 2.16. The van der Waals surface area contributed by atoms with Crippen LogP contribution in [0.4, 0.5) is 10.1 Å². The summed E-state index contributed by atoms with van der Waals surface area (Å²) in [5.41, 5.74) is 3.77. The lowest BCUT2D eigenvalue weighted by atomic mass is 10.2. The number of aliphatic hydroxyl groups is 1. The summed E-state index contributed by atoms with van der Waals surface area (Å²) in [5, 5.41) is 16.5. The van der Waals surface area contributed by atoms with Crippen LogP contribution in [-0.2, 0) is 13.1 Å². The lowest BCUT2D eigenvalue weighted by Crippen LogP contribution is -2.07. The van der Waals surface area contributed by atoms with Crippen LogP contribution in [0.5, 0.6) is 0 Å². The number of hydrogen-bond donors (Lipinski definition) is 2. The van der Waals surface area contributed by atoms with E-state index < -0.39 is 0 Å². The van der Waals surface area contributed by atoms with Crippen molar-refractivity contribution in [1.82, 2.24) is 9.78 Å². The number of anilines is 1. The summed E-state index contributed by atoms with van der Waals surface area (Å²) >= 11 is 0. The van der Waals surface area contributed by atoms with E-state index in [9.17, 15) is 4.39 Å². The van der Waals surface area contributed by atoms with Gasteiger partial charge in [-0.1, -0.05) is 6.07 Å². The molecule has 2 N–H and O–H groups in total. The predicted molar refractivity (Wildman–Crippen MR) is 72.5 cm³/mol. The van der Waals surface area contributed by atoms with Crippen LogP contribution in [0.25, 0.3) is 0 Å². The Morgan fingerprint density at radius 3 is 2.84 bits per heavy atom. The Morgan fingerprint density at radius 2 is 2.16 bits per heavy atom. The molecule has 0 atom stereocenters. The number of aromatic nitrogens is 2. The smallest absolute Gasteiger partial charge is 0.125 e. The summed E-state index contributed by atoms with van der Waals surface area (Å²) in [6.07, 6.45) is 0. The van der Waals surface area contributed by atoms with Gasteiger partial charge in [0.15, 0.2) is 0 Å². The van der Waals surface area contributed by atoms with Crippen LogP contribution in [0.2, 0.25) is 0 Å². The maximum atomic E-state index is 13.1. The highest BCUT2D eigenvalue weighted by molar-refractivity contribution is 5.44. The SMILES string of the molecule is Cc1nn(CCO)c(C)c1CNc1cccc(F)c1. The van der Waals surface area contributed by atoms with Gasteiger partial charge in [0.05, 0.1) is 18.8 Å². The molecular weight excluding hydrogens is 245 g/mol. The number of nitrogens with zero attached hydrogens (tertiary/aromatic N) is 2. The highest BCUT2D eigenvalue weighted by Gasteiger charge is 2.10. The average molecular weight is 263 g/mol. The molecule has 0 radical (unpaired) electrons. The molecule has 0 unspecified atom stereocenters. The minimum absolute atomic E-state index is 0.0682. The molecule has 0 amide bonds. The van der Waals surface area contributed by atoms with E-state index in [1.165, 1.54) is 12.1 Å². The van der Waals surface area contributed by atoms with Crippen molar-refractivity contribution < 1.29 is 9.50 Å². The standard InChI is InChI=1S/C14H18FN3O/c1-10-14(11(2)18(17-10)6-7-19)9-16-13-5-3-4-12(15)8-13/h3-5,8,16,19H,6-7,9H2,1-2H3. The molecule has 2 aromatic rings. The van der Waals surface area contributed by atoms with Crippen molar-refractivity contribution in [2.24, 2.45) is 0 Å². The van der Waals surface area contributed by atoms with Crippen LogP contribution in [0, 0.1) is 19.7 Å². The van der Waals surface area contributed by atoms with Gasteiger partial charge >= 0.3 is 0 Å². The van der Waals surface area contributed by atoms with E-state index >= 15 is 0 Å². The first-order valence-corrected chi connectivity index (χ1v) is 6.25. The van der Waals surface area contributed by atoms with Gasteiger partial charge in [-0.15, -0.1) is 0 Å². The zero-order chi connectivity index (χ0) is 13.8. The fraction of sp³-hybridized carbons (Fsp3) is 0.357. The minimum atomic E-state index is -0.255.